The van der Waals surface area contributed by atoms with Crippen LogP contribution in [0.25, 0.3) is 0 Å². The Morgan fingerprint density at radius 1 is 1.00 bits per heavy atom. The van der Waals surface area contributed by atoms with Crippen LogP contribution in [0.4, 0.5) is 0 Å². The van der Waals surface area contributed by atoms with Crippen molar-refractivity contribution in [1.82, 2.24) is 5.32 Å². The third kappa shape index (κ3) is 7.37. The molecule has 108 valence electrons. The molecule has 0 saturated carbocycles. The first-order valence-electron chi connectivity index (χ1n) is 7.68. The van der Waals surface area contributed by atoms with Gasteiger partial charge < -0.3 is 5.32 Å². The highest BCUT2D eigenvalue weighted by Gasteiger charge is 2.15. The van der Waals surface area contributed by atoms with Crippen molar-refractivity contribution >= 4 is 0 Å². The van der Waals surface area contributed by atoms with Gasteiger partial charge in [-0.3, -0.25) is 0 Å². The summed E-state index contributed by atoms with van der Waals surface area (Å²) in [5, 5.41) is 3.66. The molecule has 0 radical (unpaired) electrons. The van der Waals surface area contributed by atoms with E-state index in [4.69, 9.17) is 0 Å². The van der Waals surface area contributed by atoms with Crippen molar-refractivity contribution in [3.8, 4) is 0 Å². The van der Waals surface area contributed by atoms with Crippen LogP contribution in [0.3, 0.4) is 0 Å². The molecule has 0 aromatic heterocycles. The number of hydrogen-bond acceptors (Lipinski definition) is 1. The van der Waals surface area contributed by atoms with Crippen molar-refractivity contribution in [2.45, 2.75) is 65.3 Å². The van der Waals surface area contributed by atoms with Crippen molar-refractivity contribution in [2.24, 2.45) is 5.92 Å². The highest BCUT2D eigenvalue weighted by Crippen LogP contribution is 2.23. The summed E-state index contributed by atoms with van der Waals surface area (Å²) < 4.78 is 0. The van der Waals surface area contributed by atoms with Gasteiger partial charge in [-0.15, -0.1) is 0 Å². The molecule has 1 aromatic rings. The van der Waals surface area contributed by atoms with E-state index < -0.39 is 0 Å². The van der Waals surface area contributed by atoms with Crippen LogP contribution in [0.2, 0.25) is 0 Å². The van der Waals surface area contributed by atoms with E-state index in [2.05, 4.69) is 70.3 Å². The first kappa shape index (κ1) is 16.2. The summed E-state index contributed by atoms with van der Waals surface area (Å²) in [6.07, 6.45) is 3.94. The van der Waals surface area contributed by atoms with Gasteiger partial charge in [0.25, 0.3) is 0 Å². The molecule has 0 saturated heterocycles. The van der Waals surface area contributed by atoms with Crippen LogP contribution < -0.4 is 5.32 Å². The topological polar surface area (TPSA) is 12.0 Å². The van der Waals surface area contributed by atoms with Crippen LogP contribution in [0.15, 0.2) is 30.3 Å². The molecular weight excluding hydrogens is 230 g/mol. The summed E-state index contributed by atoms with van der Waals surface area (Å²) in [6, 6.07) is 10.9. The largest absolute Gasteiger partial charge is 0.311 e. The summed E-state index contributed by atoms with van der Waals surface area (Å²) in [5.41, 5.74) is 1.67. The Balaban J connectivity index is 2.58. The molecule has 0 aliphatic rings. The zero-order valence-electron chi connectivity index (χ0n) is 13.4. The van der Waals surface area contributed by atoms with Crippen molar-refractivity contribution < 1.29 is 0 Å². The normalized spacial score (nSPS) is 13.8. The molecule has 0 fully saturated rings. The lowest BCUT2D eigenvalue weighted by atomic mass is 9.91. The van der Waals surface area contributed by atoms with Crippen molar-refractivity contribution in [2.75, 3.05) is 6.54 Å². The zero-order chi connectivity index (χ0) is 14.3. The van der Waals surface area contributed by atoms with Gasteiger partial charge in [-0.2, -0.15) is 0 Å². The number of hydrogen-bond donors (Lipinski definition) is 1. The predicted molar refractivity (Wildman–Crippen MR) is 85.6 cm³/mol. The highest BCUT2D eigenvalue weighted by atomic mass is 14.9. The van der Waals surface area contributed by atoms with Gasteiger partial charge in [0.15, 0.2) is 0 Å². The Kier molecular flexibility index (Phi) is 6.57. The summed E-state index contributed by atoms with van der Waals surface area (Å²) in [4.78, 5) is 0. The Bertz CT molecular complexity index is 334. The van der Waals surface area contributed by atoms with Crippen molar-refractivity contribution in [1.29, 1.82) is 0 Å². The fraction of sp³-hybridized carbons (Fsp3) is 0.667. The summed E-state index contributed by atoms with van der Waals surface area (Å²) >= 11 is 0. The van der Waals surface area contributed by atoms with E-state index in [1.165, 1.54) is 24.8 Å². The van der Waals surface area contributed by atoms with Gasteiger partial charge in [0.1, 0.15) is 0 Å². The smallest absolute Gasteiger partial charge is 0.00967 e. The average Bonchev–Trinajstić information content (AvgIpc) is 2.33. The average molecular weight is 261 g/mol. The minimum Gasteiger partial charge on any atom is -0.311 e. The number of benzene rings is 1. The monoisotopic (exact) mass is 261 g/mol. The molecule has 19 heavy (non-hydrogen) atoms. The Labute approximate surface area is 119 Å². The quantitative estimate of drug-likeness (QED) is 0.729. The van der Waals surface area contributed by atoms with Gasteiger partial charge in [-0.1, -0.05) is 57.0 Å². The Hall–Kier alpha value is -0.820. The zero-order valence-corrected chi connectivity index (χ0v) is 13.4. The molecule has 1 unspecified atom stereocenters. The first-order chi connectivity index (χ1) is 8.88. The lowest BCUT2D eigenvalue weighted by molar-refractivity contribution is 0.390. The fourth-order valence-corrected chi connectivity index (χ4v) is 2.31. The van der Waals surface area contributed by atoms with Gasteiger partial charge in [0, 0.05) is 12.1 Å². The van der Waals surface area contributed by atoms with Gasteiger partial charge in [0.05, 0.1) is 0 Å². The lowest BCUT2D eigenvalue weighted by Gasteiger charge is -2.26. The molecule has 0 amide bonds. The van der Waals surface area contributed by atoms with Crippen molar-refractivity contribution in [3.05, 3.63) is 35.9 Å². The van der Waals surface area contributed by atoms with Gasteiger partial charge in [-0.05, 0) is 44.6 Å². The van der Waals surface area contributed by atoms with Gasteiger partial charge in [0.2, 0.25) is 0 Å². The Morgan fingerprint density at radius 2 is 1.63 bits per heavy atom. The standard InChI is InChI=1S/C18H31N/c1-15(2)10-9-13-17(14-19-18(3,4)5)16-11-7-6-8-12-16/h6-8,11-12,15,17,19H,9-10,13-14H2,1-5H3. The maximum absolute atomic E-state index is 3.66. The molecular formula is C18H31N. The molecule has 1 aromatic carbocycles. The van der Waals surface area contributed by atoms with E-state index in [0.29, 0.717) is 5.92 Å². The second kappa shape index (κ2) is 7.69. The third-order valence-electron chi connectivity index (χ3n) is 3.48. The number of nitrogens with one attached hydrogen (secondary N) is 1. The summed E-state index contributed by atoms with van der Waals surface area (Å²) in [7, 11) is 0. The maximum atomic E-state index is 3.66. The van der Waals surface area contributed by atoms with E-state index in [1.807, 2.05) is 0 Å². The molecule has 0 heterocycles. The molecule has 0 spiro atoms. The fourth-order valence-electron chi connectivity index (χ4n) is 2.31. The van der Waals surface area contributed by atoms with E-state index in [9.17, 15) is 0 Å². The second-order valence-corrected chi connectivity index (χ2v) is 7.06. The molecule has 1 N–H and O–H groups in total. The molecule has 0 aliphatic heterocycles. The van der Waals surface area contributed by atoms with Crippen LogP contribution in [-0.2, 0) is 0 Å². The van der Waals surface area contributed by atoms with E-state index in [0.717, 1.165) is 12.5 Å². The van der Waals surface area contributed by atoms with Crippen LogP contribution in [0.1, 0.15) is 65.4 Å². The minimum atomic E-state index is 0.199. The first-order valence-corrected chi connectivity index (χ1v) is 7.68. The second-order valence-electron chi connectivity index (χ2n) is 7.06. The third-order valence-corrected chi connectivity index (χ3v) is 3.48. The number of rotatable bonds is 7. The minimum absolute atomic E-state index is 0.199. The van der Waals surface area contributed by atoms with Gasteiger partial charge in [-0.25, -0.2) is 0 Å². The SMILES string of the molecule is CC(C)CCCC(CNC(C)(C)C)c1ccccc1. The van der Waals surface area contributed by atoms with E-state index in [-0.39, 0.29) is 5.54 Å². The molecule has 1 nitrogen and oxygen atoms in total. The van der Waals surface area contributed by atoms with Crippen LogP contribution >= 0.6 is 0 Å². The molecule has 1 heteroatoms. The van der Waals surface area contributed by atoms with Crippen LogP contribution in [0, 0.1) is 5.92 Å². The van der Waals surface area contributed by atoms with E-state index >= 15 is 0 Å². The summed E-state index contributed by atoms with van der Waals surface area (Å²) in [6.45, 7) is 12.4. The van der Waals surface area contributed by atoms with Crippen LogP contribution in [-0.4, -0.2) is 12.1 Å². The lowest BCUT2D eigenvalue weighted by Crippen LogP contribution is -2.38. The van der Waals surface area contributed by atoms with Gasteiger partial charge >= 0.3 is 0 Å². The molecule has 0 bridgehead atoms. The maximum Gasteiger partial charge on any atom is 0.00967 e. The Morgan fingerprint density at radius 3 is 2.16 bits per heavy atom. The predicted octanol–water partition coefficient (Wildman–Crippen LogP) is 4.98. The van der Waals surface area contributed by atoms with Crippen LogP contribution in [0.5, 0.6) is 0 Å². The van der Waals surface area contributed by atoms with E-state index in [1.54, 1.807) is 0 Å². The summed E-state index contributed by atoms with van der Waals surface area (Å²) in [5.74, 6) is 1.45. The highest BCUT2D eigenvalue weighted by molar-refractivity contribution is 5.19. The molecule has 1 atom stereocenters. The molecule has 1 rings (SSSR count). The molecule has 0 aliphatic carbocycles. The van der Waals surface area contributed by atoms with Crippen molar-refractivity contribution in [3.63, 3.8) is 0 Å².